The molecule has 1 heterocycles. The molecule has 118 valence electrons. The molecule has 0 bridgehead atoms. The maximum atomic E-state index is 12.1. The third-order valence-corrected chi connectivity index (χ3v) is 4.76. The van der Waals surface area contributed by atoms with Gasteiger partial charge in [0.25, 0.3) is 10.2 Å². The van der Waals surface area contributed by atoms with Gasteiger partial charge in [-0.3, -0.25) is 4.79 Å². The molecule has 0 aromatic heterocycles. The molecule has 0 aliphatic carbocycles. The number of nitrogens with one attached hydrogen (secondary N) is 1. The number of nitrogens with zero attached hydrogens (tertiary/aromatic N) is 1. The second-order valence-electron chi connectivity index (χ2n) is 5.97. The second kappa shape index (κ2) is 6.84. The van der Waals surface area contributed by atoms with Crippen molar-refractivity contribution in [3.63, 3.8) is 0 Å². The first kappa shape index (κ1) is 17.4. The number of hydrogen-bond acceptors (Lipinski definition) is 4. The third-order valence-electron chi connectivity index (χ3n) is 2.85. The molecule has 1 aliphatic heterocycles. The number of hydrogen-bond donors (Lipinski definition) is 2. The van der Waals surface area contributed by atoms with Crippen molar-refractivity contribution in [3.05, 3.63) is 0 Å². The molecule has 1 saturated heterocycles. The van der Waals surface area contributed by atoms with Crippen molar-refractivity contribution >= 4 is 16.2 Å². The zero-order valence-corrected chi connectivity index (χ0v) is 13.1. The summed E-state index contributed by atoms with van der Waals surface area (Å²) in [4.78, 5) is 10.4. The molecule has 0 aromatic rings. The van der Waals surface area contributed by atoms with Gasteiger partial charge in [-0.15, -0.1) is 0 Å². The molecule has 0 spiro atoms. The molecule has 0 saturated carbocycles. The van der Waals surface area contributed by atoms with Gasteiger partial charge in [-0.05, 0) is 33.6 Å². The summed E-state index contributed by atoms with van der Waals surface area (Å²) in [5.41, 5.74) is -0.506. The van der Waals surface area contributed by atoms with Crippen LogP contribution in [0.4, 0.5) is 0 Å². The molecule has 1 fully saturated rings. The van der Waals surface area contributed by atoms with Crippen LogP contribution < -0.4 is 4.72 Å². The van der Waals surface area contributed by atoms with Crippen LogP contribution in [0.15, 0.2) is 0 Å². The molecule has 8 heteroatoms. The summed E-state index contributed by atoms with van der Waals surface area (Å²) in [6, 6.07) is 0. The van der Waals surface area contributed by atoms with E-state index in [0.29, 0.717) is 25.9 Å². The molecule has 0 unspecified atom stereocenters. The Labute approximate surface area is 120 Å². The third kappa shape index (κ3) is 6.17. The molecule has 20 heavy (non-hydrogen) atoms. The molecule has 0 amide bonds. The Balaban J connectivity index is 2.40. The molecule has 0 aromatic carbocycles. The highest BCUT2D eigenvalue weighted by Crippen LogP contribution is 2.17. The normalized spacial score (nSPS) is 19.1. The van der Waals surface area contributed by atoms with Gasteiger partial charge in [0.15, 0.2) is 0 Å². The summed E-state index contributed by atoms with van der Waals surface area (Å²) >= 11 is 0. The monoisotopic (exact) mass is 308 g/mol. The van der Waals surface area contributed by atoms with Gasteiger partial charge in [-0.25, -0.2) is 0 Å². The van der Waals surface area contributed by atoms with Gasteiger partial charge in [0, 0.05) is 18.6 Å². The number of aliphatic carboxylic acids is 1. The summed E-state index contributed by atoms with van der Waals surface area (Å²) in [6.07, 6.45) is 1.09. The van der Waals surface area contributed by atoms with E-state index in [1.807, 2.05) is 0 Å². The highest BCUT2D eigenvalue weighted by Gasteiger charge is 2.30. The first-order valence-corrected chi connectivity index (χ1v) is 8.16. The lowest BCUT2D eigenvalue weighted by Crippen LogP contribution is -2.51. The highest BCUT2D eigenvalue weighted by molar-refractivity contribution is 7.87. The van der Waals surface area contributed by atoms with Crippen molar-refractivity contribution in [3.8, 4) is 0 Å². The molecular formula is C12H24N2O5S. The maximum absolute atomic E-state index is 12.1. The molecule has 0 atom stereocenters. The lowest BCUT2D eigenvalue weighted by molar-refractivity contribution is -0.138. The van der Waals surface area contributed by atoms with Crippen LogP contribution in [0, 0.1) is 0 Å². The summed E-state index contributed by atoms with van der Waals surface area (Å²) < 4.78 is 33.7. The van der Waals surface area contributed by atoms with Crippen LogP contribution >= 0.6 is 0 Å². The average molecular weight is 308 g/mol. The van der Waals surface area contributed by atoms with Crippen molar-refractivity contribution in [2.75, 3.05) is 19.7 Å². The summed E-state index contributed by atoms with van der Waals surface area (Å²) in [6.45, 7) is 6.35. The number of carbonyl (C=O) groups is 1. The second-order valence-corrected chi connectivity index (χ2v) is 7.64. The summed E-state index contributed by atoms with van der Waals surface area (Å²) in [7, 11) is -3.46. The van der Waals surface area contributed by atoms with Crippen molar-refractivity contribution < 1.29 is 23.1 Å². The van der Waals surface area contributed by atoms with Gasteiger partial charge in [0.2, 0.25) is 0 Å². The van der Waals surface area contributed by atoms with Crippen LogP contribution in [-0.4, -0.2) is 55.1 Å². The Kier molecular flexibility index (Phi) is 5.93. The Morgan fingerprint density at radius 1 is 1.35 bits per heavy atom. The molecule has 7 nitrogen and oxygen atoms in total. The van der Waals surface area contributed by atoms with Crippen LogP contribution in [0.25, 0.3) is 0 Å². The Morgan fingerprint density at radius 2 is 1.90 bits per heavy atom. The van der Waals surface area contributed by atoms with E-state index in [2.05, 4.69) is 4.72 Å². The Morgan fingerprint density at radius 3 is 2.35 bits per heavy atom. The SMILES string of the molecule is CC(C)(C)NS(=O)(=O)N1CCC(OCCC(=O)O)CC1. The zero-order chi connectivity index (χ0) is 15.4. The largest absolute Gasteiger partial charge is 0.481 e. The molecular weight excluding hydrogens is 284 g/mol. The van der Waals surface area contributed by atoms with E-state index < -0.39 is 21.7 Å². The number of carboxylic acids is 1. The Bertz CT molecular complexity index is 422. The highest BCUT2D eigenvalue weighted by atomic mass is 32.2. The van der Waals surface area contributed by atoms with Crippen molar-refractivity contribution in [1.82, 2.24) is 9.03 Å². The maximum Gasteiger partial charge on any atom is 0.305 e. The van der Waals surface area contributed by atoms with E-state index in [0.717, 1.165) is 0 Å². The quantitative estimate of drug-likeness (QED) is 0.748. The minimum absolute atomic E-state index is 0.0237. The zero-order valence-electron chi connectivity index (χ0n) is 12.3. The van der Waals surface area contributed by atoms with E-state index in [1.165, 1.54) is 4.31 Å². The van der Waals surface area contributed by atoms with Crippen molar-refractivity contribution in [2.24, 2.45) is 0 Å². The Hall–Kier alpha value is -0.700. The predicted octanol–water partition coefficient (Wildman–Crippen LogP) is 0.575. The lowest BCUT2D eigenvalue weighted by atomic mass is 10.1. The fraction of sp³-hybridized carbons (Fsp3) is 0.917. The van der Waals surface area contributed by atoms with Gasteiger partial charge in [-0.1, -0.05) is 0 Å². The fourth-order valence-electron chi connectivity index (χ4n) is 2.00. The standard InChI is InChI=1S/C12H24N2O5S/c1-12(2,3)13-20(17,18)14-7-4-10(5-8-14)19-9-6-11(15)16/h10,13H,4-9H2,1-3H3,(H,15,16). The first-order chi connectivity index (χ1) is 9.10. The average Bonchev–Trinajstić information content (AvgIpc) is 2.26. The first-order valence-electron chi connectivity index (χ1n) is 6.72. The van der Waals surface area contributed by atoms with Crippen LogP contribution in [0.1, 0.15) is 40.0 Å². The topological polar surface area (TPSA) is 95.9 Å². The summed E-state index contributed by atoms with van der Waals surface area (Å²) in [5.74, 6) is -0.889. The van der Waals surface area contributed by atoms with Gasteiger partial charge in [0.05, 0.1) is 19.1 Å². The number of ether oxygens (including phenoxy) is 1. The number of piperidine rings is 1. The number of rotatable bonds is 6. The van der Waals surface area contributed by atoms with Gasteiger partial charge < -0.3 is 9.84 Å². The molecule has 1 rings (SSSR count). The number of carboxylic acid groups (broad SMARTS) is 1. The van der Waals surface area contributed by atoms with Crippen LogP contribution in [0.3, 0.4) is 0 Å². The smallest absolute Gasteiger partial charge is 0.305 e. The molecule has 1 aliphatic rings. The van der Waals surface area contributed by atoms with Crippen LogP contribution in [-0.2, 0) is 19.7 Å². The van der Waals surface area contributed by atoms with E-state index in [1.54, 1.807) is 20.8 Å². The minimum Gasteiger partial charge on any atom is -0.481 e. The lowest BCUT2D eigenvalue weighted by Gasteiger charge is -2.33. The van der Waals surface area contributed by atoms with E-state index in [9.17, 15) is 13.2 Å². The van der Waals surface area contributed by atoms with Crippen LogP contribution in [0.5, 0.6) is 0 Å². The van der Waals surface area contributed by atoms with E-state index in [-0.39, 0.29) is 19.1 Å². The van der Waals surface area contributed by atoms with E-state index >= 15 is 0 Å². The van der Waals surface area contributed by atoms with Gasteiger partial charge >= 0.3 is 5.97 Å². The summed E-state index contributed by atoms with van der Waals surface area (Å²) in [5, 5.41) is 8.52. The van der Waals surface area contributed by atoms with Crippen molar-refractivity contribution in [2.45, 2.75) is 51.7 Å². The fourth-order valence-corrected chi connectivity index (χ4v) is 3.60. The predicted molar refractivity (Wildman–Crippen MR) is 74.6 cm³/mol. The minimum atomic E-state index is -3.46. The van der Waals surface area contributed by atoms with Gasteiger partial charge in [0.1, 0.15) is 0 Å². The van der Waals surface area contributed by atoms with Crippen molar-refractivity contribution in [1.29, 1.82) is 0 Å². The molecule has 0 radical (unpaired) electrons. The van der Waals surface area contributed by atoms with Gasteiger partial charge in [-0.2, -0.15) is 17.4 Å². The van der Waals surface area contributed by atoms with E-state index in [4.69, 9.17) is 9.84 Å². The van der Waals surface area contributed by atoms with Crippen LogP contribution in [0.2, 0.25) is 0 Å². The molecule has 2 N–H and O–H groups in total.